The standard InChI is InChI=1S/C13H14INO2S/c1-16-13(17-2)8-18-12-6-4-9-3-5-10(14)7-11(9)15-12/h3-7,13H,8H2,1-2H3. The summed E-state index contributed by atoms with van der Waals surface area (Å²) in [5.74, 6) is 0.732. The first kappa shape index (κ1) is 14.0. The minimum Gasteiger partial charge on any atom is -0.355 e. The Balaban J connectivity index is 2.14. The molecule has 0 aliphatic rings. The van der Waals surface area contributed by atoms with Gasteiger partial charge in [-0.25, -0.2) is 4.98 Å². The second-order valence-electron chi connectivity index (χ2n) is 3.70. The van der Waals surface area contributed by atoms with Gasteiger partial charge in [-0.3, -0.25) is 0 Å². The first-order valence-electron chi connectivity index (χ1n) is 5.47. The van der Waals surface area contributed by atoms with Gasteiger partial charge in [-0.05, 0) is 40.8 Å². The molecule has 5 heteroatoms. The molecule has 2 aromatic rings. The molecule has 0 aliphatic heterocycles. The third kappa shape index (κ3) is 3.57. The number of nitrogens with zero attached hydrogens (tertiary/aromatic N) is 1. The maximum atomic E-state index is 5.16. The Kier molecular flexibility index (Phi) is 5.23. The SMILES string of the molecule is COC(CSc1ccc2ccc(I)cc2n1)OC. The van der Waals surface area contributed by atoms with E-state index >= 15 is 0 Å². The maximum absolute atomic E-state index is 5.16. The quantitative estimate of drug-likeness (QED) is 0.455. The van der Waals surface area contributed by atoms with Crippen molar-refractivity contribution in [2.75, 3.05) is 20.0 Å². The second kappa shape index (κ2) is 6.70. The second-order valence-corrected chi connectivity index (χ2v) is 5.98. The van der Waals surface area contributed by atoms with Crippen LogP contribution in [0.15, 0.2) is 35.4 Å². The van der Waals surface area contributed by atoms with Crippen molar-refractivity contribution in [3.63, 3.8) is 0 Å². The highest BCUT2D eigenvalue weighted by molar-refractivity contribution is 14.1. The molecule has 1 heterocycles. The van der Waals surface area contributed by atoms with E-state index in [0.29, 0.717) is 0 Å². The van der Waals surface area contributed by atoms with Gasteiger partial charge in [0.05, 0.1) is 16.3 Å². The number of rotatable bonds is 5. The Hall–Kier alpha value is -0.370. The van der Waals surface area contributed by atoms with Crippen LogP contribution >= 0.6 is 34.4 Å². The monoisotopic (exact) mass is 375 g/mol. The van der Waals surface area contributed by atoms with Crippen LogP contribution in [0.5, 0.6) is 0 Å². The van der Waals surface area contributed by atoms with E-state index in [-0.39, 0.29) is 6.29 Å². The summed E-state index contributed by atoms with van der Waals surface area (Å²) in [4.78, 5) is 4.62. The van der Waals surface area contributed by atoms with Crippen molar-refractivity contribution < 1.29 is 9.47 Å². The van der Waals surface area contributed by atoms with Gasteiger partial charge in [-0.1, -0.05) is 12.1 Å². The summed E-state index contributed by atoms with van der Waals surface area (Å²) in [6.45, 7) is 0. The predicted octanol–water partition coefficient (Wildman–Crippen LogP) is 3.55. The third-order valence-electron chi connectivity index (χ3n) is 2.52. The number of benzene rings is 1. The summed E-state index contributed by atoms with van der Waals surface area (Å²) >= 11 is 3.93. The Labute approximate surface area is 124 Å². The molecule has 0 saturated heterocycles. The molecule has 0 bridgehead atoms. The molecule has 96 valence electrons. The van der Waals surface area contributed by atoms with Crippen LogP contribution in [0.2, 0.25) is 0 Å². The lowest BCUT2D eigenvalue weighted by atomic mass is 10.2. The van der Waals surface area contributed by atoms with Crippen LogP contribution in [0.1, 0.15) is 0 Å². The number of thioether (sulfide) groups is 1. The number of hydrogen-bond acceptors (Lipinski definition) is 4. The molecule has 1 aromatic carbocycles. The van der Waals surface area contributed by atoms with Crippen LogP contribution in [0.25, 0.3) is 10.9 Å². The molecule has 0 saturated carbocycles. The fraction of sp³-hybridized carbons (Fsp3) is 0.308. The summed E-state index contributed by atoms with van der Waals surface area (Å²) in [6, 6.07) is 10.4. The normalized spacial score (nSPS) is 11.3. The van der Waals surface area contributed by atoms with E-state index in [4.69, 9.17) is 9.47 Å². The topological polar surface area (TPSA) is 31.4 Å². The van der Waals surface area contributed by atoms with Crippen LogP contribution in [0.3, 0.4) is 0 Å². The maximum Gasteiger partial charge on any atom is 0.166 e. The zero-order valence-electron chi connectivity index (χ0n) is 10.2. The average Bonchev–Trinajstić information content (AvgIpc) is 2.39. The van der Waals surface area contributed by atoms with E-state index in [1.54, 1.807) is 26.0 Å². The van der Waals surface area contributed by atoms with Crippen molar-refractivity contribution in [3.8, 4) is 0 Å². The Morgan fingerprint density at radius 2 is 1.94 bits per heavy atom. The van der Waals surface area contributed by atoms with E-state index in [1.807, 2.05) is 6.07 Å². The van der Waals surface area contributed by atoms with Crippen LogP contribution in [-0.4, -0.2) is 31.2 Å². The van der Waals surface area contributed by atoms with E-state index < -0.39 is 0 Å². The fourth-order valence-corrected chi connectivity index (χ4v) is 2.92. The minimum absolute atomic E-state index is 0.191. The lowest BCUT2D eigenvalue weighted by molar-refractivity contribution is -0.0842. The van der Waals surface area contributed by atoms with E-state index in [2.05, 4.69) is 51.8 Å². The Morgan fingerprint density at radius 3 is 2.67 bits per heavy atom. The summed E-state index contributed by atoms with van der Waals surface area (Å²) < 4.78 is 11.5. The number of fused-ring (bicyclic) bond motifs is 1. The number of halogens is 1. The van der Waals surface area contributed by atoms with Crippen molar-refractivity contribution in [1.82, 2.24) is 4.98 Å². The molecule has 0 aliphatic carbocycles. The molecule has 1 aromatic heterocycles. The van der Waals surface area contributed by atoms with Crippen molar-refractivity contribution in [1.29, 1.82) is 0 Å². The summed E-state index contributed by atoms with van der Waals surface area (Å²) in [7, 11) is 3.29. The van der Waals surface area contributed by atoms with Crippen LogP contribution < -0.4 is 0 Å². The number of ether oxygens (including phenoxy) is 2. The van der Waals surface area contributed by atoms with Crippen LogP contribution in [-0.2, 0) is 9.47 Å². The molecule has 2 rings (SSSR count). The Bertz CT molecular complexity index is 531. The largest absolute Gasteiger partial charge is 0.355 e. The third-order valence-corrected chi connectivity index (χ3v) is 4.15. The first-order valence-corrected chi connectivity index (χ1v) is 7.54. The molecule has 0 spiro atoms. The molecule has 0 amide bonds. The number of hydrogen-bond donors (Lipinski definition) is 0. The molecule has 18 heavy (non-hydrogen) atoms. The van der Waals surface area contributed by atoms with Gasteiger partial charge in [0.25, 0.3) is 0 Å². The molecule has 0 radical (unpaired) electrons. The molecule has 0 atom stereocenters. The zero-order chi connectivity index (χ0) is 13.0. The van der Waals surface area contributed by atoms with Gasteiger partial charge in [-0.2, -0.15) is 0 Å². The van der Waals surface area contributed by atoms with E-state index in [9.17, 15) is 0 Å². The molecule has 0 unspecified atom stereocenters. The smallest absolute Gasteiger partial charge is 0.166 e. The molecular formula is C13H14INO2S. The van der Waals surface area contributed by atoms with E-state index in [0.717, 1.165) is 21.7 Å². The first-order chi connectivity index (χ1) is 8.72. The van der Waals surface area contributed by atoms with Gasteiger partial charge in [0.15, 0.2) is 6.29 Å². The van der Waals surface area contributed by atoms with Crippen molar-refractivity contribution in [3.05, 3.63) is 33.9 Å². The van der Waals surface area contributed by atoms with Crippen LogP contribution in [0.4, 0.5) is 0 Å². The van der Waals surface area contributed by atoms with Gasteiger partial charge in [0.2, 0.25) is 0 Å². The van der Waals surface area contributed by atoms with Gasteiger partial charge >= 0.3 is 0 Å². The number of aromatic nitrogens is 1. The summed E-state index contributed by atoms with van der Waals surface area (Å²) in [6.07, 6.45) is -0.191. The predicted molar refractivity (Wildman–Crippen MR) is 83.0 cm³/mol. The summed E-state index contributed by atoms with van der Waals surface area (Å²) in [5, 5.41) is 2.15. The van der Waals surface area contributed by atoms with Gasteiger partial charge < -0.3 is 9.47 Å². The minimum atomic E-state index is -0.191. The molecular weight excluding hydrogens is 361 g/mol. The number of methoxy groups -OCH3 is 2. The lowest BCUT2D eigenvalue weighted by Gasteiger charge is -2.12. The molecule has 0 fully saturated rings. The number of pyridine rings is 1. The van der Waals surface area contributed by atoms with Crippen molar-refractivity contribution in [2.24, 2.45) is 0 Å². The van der Waals surface area contributed by atoms with E-state index in [1.165, 1.54) is 3.57 Å². The van der Waals surface area contributed by atoms with Gasteiger partial charge in [-0.15, -0.1) is 11.8 Å². The highest BCUT2D eigenvalue weighted by atomic mass is 127. The van der Waals surface area contributed by atoms with Gasteiger partial charge in [0, 0.05) is 23.2 Å². The summed E-state index contributed by atoms with van der Waals surface area (Å²) in [5.41, 5.74) is 1.03. The van der Waals surface area contributed by atoms with Crippen molar-refractivity contribution >= 4 is 45.3 Å². The fourth-order valence-electron chi connectivity index (χ4n) is 1.54. The zero-order valence-corrected chi connectivity index (χ0v) is 13.2. The highest BCUT2D eigenvalue weighted by Crippen LogP contribution is 2.22. The van der Waals surface area contributed by atoms with Gasteiger partial charge in [0.1, 0.15) is 0 Å². The highest BCUT2D eigenvalue weighted by Gasteiger charge is 2.07. The Morgan fingerprint density at radius 1 is 1.22 bits per heavy atom. The van der Waals surface area contributed by atoms with Crippen LogP contribution in [0, 0.1) is 3.57 Å². The van der Waals surface area contributed by atoms with Crippen molar-refractivity contribution in [2.45, 2.75) is 11.3 Å². The average molecular weight is 375 g/mol. The molecule has 3 nitrogen and oxygen atoms in total. The lowest BCUT2D eigenvalue weighted by Crippen LogP contribution is -2.15. The molecule has 0 N–H and O–H groups in total.